The van der Waals surface area contributed by atoms with E-state index in [4.69, 9.17) is 0 Å². The first-order valence-electron chi connectivity index (χ1n) is 6.30. The van der Waals surface area contributed by atoms with Crippen LogP contribution in [0, 0.1) is 24.4 Å². The van der Waals surface area contributed by atoms with Gasteiger partial charge in [0.1, 0.15) is 5.56 Å². The lowest BCUT2D eigenvalue weighted by Crippen LogP contribution is -2.26. The van der Waals surface area contributed by atoms with E-state index in [2.05, 4.69) is 10.3 Å². The van der Waals surface area contributed by atoms with Crippen molar-refractivity contribution in [1.29, 1.82) is 0 Å². The molecule has 1 aromatic carbocycles. The molecule has 3 aromatic rings. The second kappa shape index (κ2) is 5.51. The average molecular weight is 339 g/mol. The molecule has 9 heteroatoms. The first-order chi connectivity index (χ1) is 10.9. The van der Waals surface area contributed by atoms with Gasteiger partial charge in [-0.25, -0.2) is 18.2 Å². The van der Waals surface area contributed by atoms with Gasteiger partial charge < -0.3 is 5.32 Å². The largest absolute Gasteiger partial charge is 0.322 e. The Kier molecular flexibility index (Phi) is 3.64. The Morgan fingerprint density at radius 3 is 2.57 bits per heavy atom. The highest BCUT2D eigenvalue weighted by atomic mass is 32.1. The van der Waals surface area contributed by atoms with Crippen LogP contribution >= 0.6 is 11.3 Å². The predicted octanol–water partition coefficient (Wildman–Crippen LogP) is 2.73. The maximum Gasteiger partial charge on any atom is 0.271 e. The van der Waals surface area contributed by atoms with E-state index in [1.807, 2.05) is 0 Å². The van der Waals surface area contributed by atoms with Gasteiger partial charge in [0, 0.05) is 35.1 Å². The van der Waals surface area contributed by atoms with Crippen molar-refractivity contribution >= 4 is 27.9 Å². The van der Waals surface area contributed by atoms with Crippen LogP contribution in [0.2, 0.25) is 0 Å². The van der Waals surface area contributed by atoms with Crippen molar-refractivity contribution in [3.05, 3.63) is 62.8 Å². The zero-order valence-electron chi connectivity index (χ0n) is 11.6. The molecular formula is C14H8F3N3O2S. The first-order valence-corrected chi connectivity index (χ1v) is 7.18. The van der Waals surface area contributed by atoms with Crippen molar-refractivity contribution in [2.24, 2.45) is 0 Å². The molecule has 2 heterocycles. The number of nitrogens with zero attached hydrogens (tertiary/aromatic N) is 2. The summed E-state index contributed by atoms with van der Waals surface area (Å²) in [6.07, 6.45) is 1.08. The molecule has 3 rings (SSSR count). The van der Waals surface area contributed by atoms with Crippen LogP contribution < -0.4 is 10.9 Å². The molecule has 0 atom stereocenters. The number of hydrogen-bond acceptors (Lipinski definition) is 4. The Labute approximate surface area is 131 Å². The number of carbonyl (C=O) groups excluding carboxylic acids is 1. The highest BCUT2D eigenvalue weighted by Gasteiger charge is 2.17. The van der Waals surface area contributed by atoms with Crippen LogP contribution in [-0.2, 0) is 0 Å². The van der Waals surface area contributed by atoms with E-state index in [1.165, 1.54) is 15.7 Å². The number of halogens is 3. The summed E-state index contributed by atoms with van der Waals surface area (Å²) in [5.74, 6) is -5.42. The standard InChI is InChI=1S/C14H8F3N3O2S/c1-6-5-23-14-18-4-8(13(22)20(6)14)12(21)19-7-2-9(15)11(17)10(16)3-7/h2-5H,1H3,(H,19,21). The lowest BCUT2D eigenvalue weighted by Gasteiger charge is -2.06. The van der Waals surface area contributed by atoms with Gasteiger partial charge in [-0.2, -0.15) is 0 Å². The van der Waals surface area contributed by atoms with E-state index < -0.39 is 28.9 Å². The second-order valence-electron chi connectivity index (χ2n) is 4.68. The number of aryl methyl sites for hydroxylation is 1. The van der Waals surface area contributed by atoms with Gasteiger partial charge in [0.05, 0.1) is 0 Å². The van der Waals surface area contributed by atoms with E-state index >= 15 is 0 Å². The van der Waals surface area contributed by atoms with Crippen LogP contribution in [0.1, 0.15) is 16.1 Å². The number of aromatic nitrogens is 2. The van der Waals surface area contributed by atoms with Gasteiger partial charge in [0.25, 0.3) is 11.5 Å². The number of rotatable bonds is 2. The molecular weight excluding hydrogens is 331 g/mol. The number of amides is 1. The Balaban J connectivity index is 2.00. The monoisotopic (exact) mass is 339 g/mol. The summed E-state index contributed by atoms with van der Waals surface area (Å²) in [6, 6.07) is 1.24. The number of benzene rings is 1. The lowest BCUT2D eigenvalue weighted by molar-refractivity contribution is 0.102. The van der Waals surface area contributed by atoms with Gasteiger partial charge in [-0.05, 0) is 6.92 Å². The summed E-state index contributed by atoms with van der Waals surface area (Å²) in [7, 11) is 0. The number of anilines is 1. The molecule has 0 spiro atoms. The second-order valence-corrected chi connectivity index (χ2v) is 5.52. The number of nitrogens with one attached hydrogen (secondary N) is 1. The first kappa shape index (κ1) is 15.2. The SMILES string of the molecule is Cc1csc2ncc(C(=O)Nc3cc(F)c(F)c(F)c3)c(=O)n12. The molecule has 5 nitrogen and oxygen atoms in total. The van der Waals surface area contributed by atoms with Gasteiger partial charge in [-0.1, -0.05) is 0 Å². The Hall–Kier alpha value is -2.68. The Bertz CT molecular complexity index is 974. The molecule has 0 aliphatic rings. The summed E-state index contributed by atoms with van der Waals surface area (Å²) < 4.78 is 40.4. The molecule has 118 valence electrons. The van der Waals surface area contributed by atoms with E-state index in [0.717, 1.165) is 6.20 Å². The molecule has 23 heavy (non-hydrogen) atoms. The third-order valence-corrected chi connectivity index (χ3v) is 4.06. The fourth-order valence-corrected chi connectivity index (χ4v) is 2.83. The van der Waals surface area contributed by atoms with Crippen LogP contribution in [0.3, 0.4) is 0 Å². The molecule has 0 saturated heterocycles. The van der Waals surface area contributed by atoms with Crippen LogP contribution in [-0.4, -0.2) is 15.3 Å². The molecule has 0 fully saturated rings. The predicted molar refractivity (Wildman–Crippen MR) is 78.3 cm³/mol. The van der Waals surface area contributed by atoms with Gasteiger partial charge in [0.15, 0.2) is 22.4 Å². The highest BCUT2D eigenvalue weighted by Crippen LogP contribution is 2.18. The number of carbonyl (C=O) groups is 1. The normalized spacial score (nSPS) is 11.0. The van der Waals surface area contributed by atoms with Crippen molar-refractivity contribution in [1.82, 2.24) is 9.38 Å². The molecule has 1 amide bonds. The third-order valence-electron chi connectivity index (χ3n) is 3.10. The zero-order valence-corrected chi connectivity index (χ0v) is 12.4. The lowest BCUT2D eigenvalue weighted by atomic mass is 10.2. The highest BCUT2D eigenvalue weighted by molar-refractivity contribution is 7.15. The molecule has 0 unspecified atom stereocenters. The summed E-state index contributed by atoms with van der Waals surface area (Å²) in [6.45, 7) is 1.68. The van der Waals surface area contributed by atoms with Gasteiger partial charge in [-0.3, -0.25) is 14.0 Å². The van der Waals surface area contributed by atoms with Crippen LogP contribution in [0.25, 0.3) is 4.96 Å². The molecule has 0 saturated carbocycles. The Morgan fingerprint density at radius 2 is 1.91 bits per heavy atom. The third kappa shape index (κ3) is 2.59. The maximum absolute atomic E-state index is 13.1. The topological polar surface area (TPSA) is 63.5 Å². The number of fused-ring (bicyclic) bond motifs is 1. The minimum atomic E-state index is -1.64. The minimum Gasteiger partial charge on any atom is -0.322 e. The molecule has 0 aliphatic carbocycles. The fraction of sp³-hybridized carbons (Fsp3) is 0.0714. The summed E-state index contributed by atoms with van der Waals surface area (Å²) >= 11 is 1.24. The van der Waals surface area contributed by atoms with Crippen molar-refractivity contribution < 1.29 is 18.0 Å². The number of thiazole rings is 1. The smallest absolute Gasteiger partial charge is 0.271 e. The van der Waals surface area contributed by atoms with Crippen LogP contribution in [0.15, 0.2) is 28.5 Å². The fourth-order valence-electron chi connectivity index (χ4n) is 2.01. The van der Waals surface area contributed by atoms with Crippen molar-refractivity contribution in [2.45, 2.75) is 6.92 Å². The van der Waals surface area contributed by atoms with E-state index in [-0.39, 0.29) is 11.3 Å². The van der Waals surface area contributed by atoms with E-state index in [9.17, 15) is 22.8 Å². The molecule has 2 aromatic heterocycles. The number of hydrogen-bond donors (Lipinski definition) is 1. The quantitative estimate of drug-likeness (QED) is 0.730. The molecule has 0 aliphatic heterocycles. The van der Waals surface area contributed by atoms with E-state index in [0.29, 0.717) is 22.8 Å². The average Bonchev–Trinajstić information content (AvgIpc) is 2.87. The van der Waals surface area contributed by atoms with Crippen LogP contribution in [0.4, 0.5) is 18.9 Å². The molecule has 1 N–H and O–H groups in total. The van der Waals surface area contributed by atoms with E-state index in [1.54, 1.807) is 12.3 Å². The van der Waals surface area contributed by atoms with Gasteiger partial charge in [-0.15, -0.1) is 11.3 Å². The summed E-state index contributed by atoms with van der Waals surface area (Å²) in [5.41, 5.74) is -0.600. The van der Waals surface area contributed by atoms with Crippen molar-refractivity contribution in [3.8, 4) is 0 Å². The van der Waals surface area contributed by atoms with Gasteiger partial charge >= 0.3 is 0 Å². The minimum absolute atomic E-state index is 0.297. The van der Waals surface area contributed by atoms with Crippen molar-refractivity contribution in [3.63, 3.8) is 0 Å². The Morgan fingerprint density at radius 1 is 1.26 bits per heavy atom. The summed E-state index contributed by atoms with van der Waals surface area (Å²) in [4.78, 5) is 28.8. The van der Waals surface area contributed by atoms with Crippen LogP contribution in [0.5, 0.6) is 0 Å². The van der Waals surface area contributed by atoms with Gasteiger partial charge in [0.2, 0.25) is 0 Å². The molecule has 0 bridgehead atoms. The zero-order chi connectivity index (χ0) is 16.7. The van der Waals surface area contributed by atoms with Crippen molar-refractivity contribution in [2.75, 3.05) is 5.32 Å². The maximum atomic E-state index is 13.1. The summed E-state index contributed by atoms with van der Waals surface area (Å²) in [5, 5.41) is 3.85. The molecule has 0 radical (unpaired) electrons.